The third kappa shape index (κ3) is 4.96. The van der Waals surface area contributed by atoms with E-state index in [2.05, 4.69) is 170 Å². The number of fused-ring (bicyclic) bond motifs is 4. The van der Waals surface area contributed by atoms with Gasteiger partial charge in [-0.1, -0.05) is 152 Å². The Morgan fingerprint density at radius 1 is 0.438 bits per heavy atom. The van der Waals surface area contributed by atoms with E-state index in [1.807, 2.05) is 6.07 Å². The van der Waals surface area contributed by atoms with Gasteiger partial charge in [0, 0.05) is 16.3 Å². The molecule has 0 atom stereocenters. The third-order valence-corrected chi connectivity index (χ3v) is 9.37. The highest BCUT2D eigenvalue weighted by Gasteiger charge is 2.19. The summed E-state index contributed by atoms with van der Waals surface area (Å²) in [6.07, 6.45) is 5.29. The Kier molecular flexibility index (Phi) is 6.91. The highest BCUT2D eigenvalue weighted by Crippen LogP contribution is 2.40. The molecule has 1 aliphatic heterocycles. The molecule has 2 heterocycles. The molecule has 0 radical (unpaired) electrons. The van der Waals surface area contributed by atoms with Crippen LogP contribution in [-0.2, 0) is 0 Å². The van der Waals surface area contributed by atoms with Crippen LogP contribution in [0.15, 0.2) is 185 Å². The van der Waals surface area contributed by atoms with Crippen LogP contribution in [-0.4, -0.2) is 5.71 Å². The first-order valence-corrected chi connectivity index (χ1v) is 16.4. The van der Waals surface area contributed by atoms with Crippen LogP contribution >= 0.6 is 0 Å². The second-order valence-electron chi connectivity index (χ2n) is 12.3. The van der Waals surface area contributed by atoms with Crippen LogP contribution in [0.25, 0.3) is 66.2 Å². The average molecular weight is 614 g/mol. The normalized spacial score (nSPS) is 13.3. The highest BCUT2D eigenvalue weighted by atomic mass is 16.3. The SMILES string of the molecule is C1=C(c2ccccc2)CC=C(c2ccccc2)N=C1c1cccc2oc3cc(-c4ccc(-c5ccccc5)c5ccccc45)ccc3c12. The van der Waals surface area contributed by atoms with Gasteiger partial charge in [-0.15, -0.1) is 0 Å². The second-order valence-corrected chi connectivity index (χ2v) is 12.3. The van der Waals surface area contributed by atoms with Crippen LogP contribution in [0.5, 0.6) is 0 Å². The van der Waals surface area contributed by atoms with Crippen LogP contribution < -0.4 is 0 Å². The van der Waals surface area contributed by atoms with E-state index in [0.29, 0.717) is 0 Å². The Bertz CT molecular complexity index is 2550. The van der Waals surface area contributed by atoms with Crippen molar-refractivity contribution in [3.8, 4) is 22.3 Å². The number of rotatable bonds is 5. The van der Waals surface area contributed by atoms with Gasteiger partial charge in [-0.25, -0.2) is 4.99 Å². The monoisotopic (exact) mass is 613 g/mol. The molecule has 48 heavy (non-hydrogen) atoms. The predicted molar refractivity (Wildman–Crippen MR) is 202 cm³/mol. The molecule has 9 rings (SSSR count). The van der Waals surface area contributed by atoms with Crippen LogP contribution in [0.2, 0.25) is 0 Å². The van der Waals surface area contributed by atoms with Gasteiger partial charge in [0.1, 0.15) is 11.2 Å². The van der Waals surface area contributed by atoms with E-state index in [0.717, 1.165) is 56.5 Å². The van der Waals surface area contributed by atoms with Crippen LogP contribution in [0.4, 0.5) is 0 Å². The van der Waals surface area contributed by atoms with Gasteiger partial charge < -0.3 is 4.42 Å². The molecular formula is C46H31NO. The minimum atomic E-state index is 0.795. The quantitative estimate of drug-likeness (QED) is 0.190. The van der Waals surface area contributed by atoms with E-state index in [1.54, 1.807) is 0 Å². The average Bonchev–Trinajstić information content (AvgIpc) is 3.39. The lowest BCUT2D eigenvalue weighted by molar-refractivity contribution is 0.669. The zero-order chi connectivity index (χ0) is 31.9. The molecule has 1 aliphatic rings. The minimum Gasteiger partial charge on any atom is -0.456 e. The van der Waals surface area contributed by atoms with E-state index in [-0.39, 0.29) is 0 Å². The Balaban J connectivity index is 1.20. The van der Waals surface area contributed by atoms with E-state index < -0.39 is 0 Å². The highest BCUT2D eigenvalue weighted by molar-refractivity contribution is 6.25. The number of hydrogen-bond donors (Lipinski definition) is 0. The first-order valence-electron chi connectivity index (χ1n) is 16.4. The third-order valence-electron chi connectivity index (χ3n) is 9.37. The first-order chi connectivity index (χ1) is 23.8. The second kappa shape index (κ2) is 11.8. The lowest BCUT2D eigenvalue weighted by Gasteiger charge is -2.12. The van der Waals surface area contributed by atoms with Crippen molar-refractivity contribution in [1.82, 2.24) is 0 Å². The molecule has 1 aromatic heterocycles. The summed E-state index contributed by atoms with van der Waals surface area (Å²) in [5.74, 6) is 0. The number of nitrogens with zero attached hydrogens (tertiary/aromatic N) is 1. The number of aliphatic imine (C=N–C) groups is 1. The van der Waals surface area contributed by atoms with Crippen molar-refractivity contribution in [1.29, 1.82) is 0 Å². The molecule has 7 aromatic carbocycles. The predicted octanol–water partition coefficient (Wildman–Crippen LogP) is 12.4. The first kappa shape index (κ1) is 28.0. The molecule has 0 bridgehead atoms. The zero-order valence-electron chi connectivity index (χ0n) is 26.3. The van der Waals surface area contributed by atoms with E-state index in [9.17, 15) is 0 Å². The largest absolute Gasteiger partial charge is 0.456 e. The summed E-state index contributed by atoms with van der Waals surface area (Å²) < 4.78 is 6.62. The van der Waals surface area contributed by atoms with Crippen molar-refractivity contribution in [3.63, 3.8) is 0 Å². The fourth-order valence-corrected chi connectivity index (χ4v) is 7.05. The molecule has 226 valence electrons. The lowest BCUT2D eigenvalue weighted by Crippen LogP contribution is -1.99. The molecule has 0 N–H and O–H groups in total. The van der Waals surface area contributed by atoms with Crippen molar-refractivity contribution < 1.29 is 4.42 Å². The minimum absolute atomic E-state index is 0.795. The maximum atomic E-state index is 6.62. The maximum Gasteiger partial charge on any atom is 0.136 e. The Morgan fingerprint density at radius 2 is 1.06 bits per heavy atom. The fraction of sp³-hybridized carbons (Fsp3) is 0.0217. The van der Waals surface area contributed by atoms with E-state index >= 15 is 0 Å². The number of hydrogen-bond acceptors (Lipinski definition) is 2. The van der Waals surface area contributed by atoms with Gasteiger partial charge in [-0.3, -0.25) is 0 Å². The molecule has 2 nitrogen and oxygen atoms in total. The molecule has 0 spiro atoms. The smallest absolute Gasteiger partial charge is 0.136 e. The molecule has 0 saturated heterocycles. The molecule has 2 heteroatoms. The topological polar surface area (TPSA) is 25.5 Å². The summed E-state index contributed by atoms with van der Waals surface area (Å²) in [5.41, 5.74) is 13.0. The molecule has 0 unspecified atom stereocenters. The van der Waals surface area contributed by atoms with Crippen LogP contribution in [0, 0.1) is 0 Å². The summed E-state index contributed by atoms with van der Waals surface area (Å²) in [6, 6.07) is 57.8. The van der Waals surface area contributed by atoms with Gasteiger partial charge in [0.25, 0.3) is 0 Å². The maximum absolute atomic E-state index is 6.62. The van der Waals surface area contributed by atoms with Gasteiger partial charge in [0.15, 0.2) is 0 Å². The summed E-state index contributed by atoms with van der Waals surface area (Å²) in [7, 11) is 0. The van der Waals surface area contributed by atoms with Crippen LogP contribution in [0.1, 0.15) is 23.1 Å². The number of allylic oxidation sites excluding steroid dienone is 3. The fourth-order valence-electron chi connectivity index (χ4n) is 7.05. The lowest BCUT2D eigenvalue weighted by atomic mass is 9.91. The van der Waals surface area contributed by atoms with Gasteiger partial charge >= 0.3 is 0 Å². The van der Waals surface area contributed by atoms with Crippen molar-refractivity contribution in [2.24, 2.45) is 4.99 Å². The van der Waals surface area contributed by atoms with Crippen molar-refractivity contribution in [3.05, 3.63) is 193 Å². The van der Waals surface area contributed by atoms with Crippen molar-refractivity contribution >= 4 is 49.7 Å². The Labute approximate surface area is 279 Å². The molecule has 0 aliphatic carbocycles. The summed E-state index contributed by atoms with van der Waals surface area (Å²) in [6.45, 7) is 0. The summed E-state index contributed by atoms with van der Waals surface area (Å²) >= 11 is 0. The van der Waals surface area contributed by atoms with Crippen molar-refractivity contribution in [2.45, 2.75) is 6.42 Å². The van der Waals surface area contributed by atoms with Crippen molar-refractivity contribution in [2.75, 3.05) is 0 Å². The van der Waals surface area contributed by atoms with E-state index in [4.69, 9.17) is 9.41 Å². The van der Waals surface area contributed by atoms with Gasteiger partial charge in [0.2, 0.25) is 0 Å². The molecule has 8 aromatic rings. The number of benzene rings is 7. The molecule has 0 fully saturated rings. The number of furan rings is 1. The zero-order valence-corrected chi connectivity index (χ0v) is 26.3. The molecule has 0 saturated carbocycles. The standard InChI is InChI=1S/C46H31NO/c1-4-13-31(14-5-1)34-24-28-42(33-17-8-3-9-18-33)47-43(29-34)40-21-12-22-44-46(40)41-25-23-35(30-45(41)48-44)37-27-26-36(32-15-6-2-7-16-32)38-19-10-11-20-39(37)38/h1-23,25-30H,24H2. The molecular weight excluding hydrogens is 583 g/mol. The van der Waals surface area contributed by atoms with Gasteiger partial charge in [0.05, 0.1) is 11.4 Å². The molecule has 0 amide bonds. The van der Waals surface area contributed by atoms with E-state index in [1.165, 1.54) is 38.6 Å². The van der Waals surface area contributed by atoms with Crippen LogP contribution in [0.3, 0.4) is 0 Å². The van der Waals surface area contributed by atoms with Gasteiger partial charge in [-0.05, 0) is 80.4 Å². The summed E-state index contributed by atoms with van der Waals surface area (Å²) in [4.78, 5) is 5.32. The van der Waals surface area contributed by atoms with Gasteiger partial charge in [-0.2, -0.15) is 0 Å². The Hall–Kier alpha value is -6.25. The summed E-state index contributed by atoms with van der Waals surface area (Å²) in [5, 5.41) is 4.63. The Morgan fingerprint density at radius 3 is 1.77 bits per heavy atom.